The van der Waals surface area contributed by atoms with Crippen molar-refractivity contribution in [1.29, 1.82) is 0 Å². The Kier molecular flexibility index (Phi) is 4.79. The van der Waals surface area contributed by atoms with Crippen molar-refractivity contribution in [3.05, 3.63) is 33.9 Å². The fourth-order valence-electron chi connectivity index (χ4n) is 1.57. The average Bonchev–Trinajstić information content (AvgIpc) is 2.31. The molecule has 0 aliphatic carbocycles. The summed E-state index contributed by atoms with van der Waals surface area (Å²) in [5, 5.41) is 13.4. The lowest BCUT2D eigenvalue weighted by Gasteiger charge is -2.11. The number of nitro benzene ring substituents is 1. The van der Waals surface area contributed by atoms with Crippen LogP contribution in [-0.2, 0) is 4.79 Å². The molecule has 18 heavy (non-hydrogen) atoms. The van der Waals surface area contributed by atoms with Crippen molar-refractivity contribution in [2.24, 2.45) is 5.73 Å². The first-order chi connectivity index (χ1) is 8.45. The maximum Gasteiger partial charge on any atom is 0.293 e. The number of anilines is 1. The van der Waals surface area contributed by atoms with E-state index in [1.165, 1.54) is 12.1 Å². The maximum absolute atomic E-state index is 11.7. The third kappa shape index (κ3) is 3.53. The number of nitrogens with two attached hydrogens (primary N) is 1. The maximum atomic E-state index is 11.7. The first kappa shape index (κ1) is 14.1. The van der Waals surface area contributed by atoms with Crippen LogP contribution in [0.1, 0.15) is 25.3 Å². The molecule has 98 valence electrons. The first-order valence-electron chi connectivity index (χ1n) is 5.77. The van der Waals surface area contributed by atoms with Crippen molar-refractivity contribution in [3.8, 4) is 0 Å². The van der Waals surface area contributed by atoms with Gasteiger partial charge in [-0.05, 0) is 25.0 Å². The van der Waals surface area contributed by atoms with Crippen molar-refractivity contribution < 1.29 is 9.72 Å². The molecule has 3 N–H and O–H groups in total. The molecule has 1 atom stereocenters. The Hall–Kier alpha value is -1.95. The van der Waals surface area contributed by atoms with Gasteiger partial charge in [0.25, 0.3) is 5.69 Å². The second-order valence-electron chi connectivity index (χ2n) is 4.16. The van der Waals surface area contributed by atoms with Crippen molar-refractivity contribution in [2.45, 2.75) is 32.7 Å². The summed E-state index contributed by atoms with van der Waals surface area (Å²) in [6.07, 6.45) is 1.33. The number of carbonyl (C=O) groups excluding carboxylic acids is 1. The van der Waals surface area contributed by atoms with Crippen LogP contribution in [-0.4, -0.2) is 16.9 Å². The summed E-state index contributed by atoms with van der Waals surface area (Å²) in [5.41, 5.74) is 6.48. The fourth-order valence-corrected chi connectivity index (χ4v) is 1.57. The lowest BCUT2D eigenvalue weighted by Crippen LogP contribution is -2.35. The number of rotatable bonds is 5. The van der Waals surface area contributed by atoms with Gasteiger partial charge in [0.15, 0.2) is 0 Å². The SMILES string of the molecule is CCCC(N)C(=O)Nc1ccc(C)cc1[N+](=O)[O-]. The van der Waals surface area contributed by atoms with Gasteiger partial charge in [0.05, 0.1) is 11.0 Å². The molecule has 1 rings (SSSR count). The van der Waals surface area contributed by atoms with E-state index in [9.17, 15) is 14.9 Å². The Labute approximate surface area is 105 Å². The van der Waals surface area contributed by atoms with Crippen LogP contribution in [0.25, 0.3) is 0 Å². The average molecular weight is 251 g/mol. The van der Waals surface area contributed by atoms with Gasteiger partial charge in [0.1, 0.15) is 5.69 Å². The van der Waals surface area contributed by atoms with E-state index in [0.717, 1.165) is 12.0 Å². The van der Waals surface area contributed by atoms with E-state index in [1.807, 2.05) is 6.92 Å². The lowest BCUT2D eigenvalue weighted by molar-refractivity contribution is -0.384. The van der Waals surface area contributed by atoms with Crippen LogP contribution in [0, 0.1) is 17.0 Å². The molecule has 1 aromatic carbocycles. The highest BCUT2D eigenvalue weighted by atomic mass is 16.6. The van der Waals surface area contributed by atoms with Crippen molar-refractivity contribution in [1.82, 2.24) is 0 Å². The predicted octanol–water partition coefficient (Wildman–Crippen LogP) is 1.97. The van der Waals surface area contributed by atoms with Crippen molar-refractivity contribution in [3.63, 3.8) is 0 Å². The van der Waals surface area contributed by atoms with E-state index < -0.39 is 16.9 Å². The van der Waals surface area contributed by atoms with E-state index in [-0.39, 0.29) is 11.4 Å². The van der Waals surface area contributed by atoms with E-state index in [4.69, 9.17) is 5.73 Å². The quantitative estimate of drug-likeness (QED) is 0.617. The Bertz CT molecular complexity index is 460. The van der Waals surface area contributed by atoms with Gasteiger partial charge in [0, 0.05) is 6.07 Å². The van der Waals surface area contributed by atoms with Crippen LogP contribution in [0.5, 0.6) is 0 Å². The van der Waals surface area contributed by atoms with Gasteiger partial charge in [-0.15, -0.1) is 0 Å². The third-order valence-electron chi connectivity index (χ3n) is 2.54. The zero-order valence-corrected chi connectivity index (χ0v) is 10.5. The molecular weight excluding hydrogens is 234 g/mol. The Morgan fingerprint density at radius 3 is 2.78 bits per heavy atom. The number of nitro groups is 1. The number of nitrogens with zero attached hydrogens (tertiary/aromatic N) is 1. The number of hydrogen-bond acceptors (Lipinski definition) is 4. The molecule has 6 heteroatoms. The van der Waals surface area contributed by atoms with Gasteiger partial charge in [-0.2, -0.15) is 0 Å². The van der Waals surface area contributed by atoms with Crippen LogP contribution in [0.3, 0.4) is 0 Å². The molecule has 1 amide bonds. The smallest absolute Gasteiger partial charge is 0.293 e. The summed E-state index contributed by atoms with van der Waals surface area (Å²) in [4.78, 5) is 22.1. The van der Waals surface area contributed by atoms with E-state index in [2.05, 4.69) is 5.32 Å². The van der Waals surface area contributed by atoms with Crippen LogP contribution in [0.15, 0.2) is 18.2 Å². The third-order valence-corrected chi connectivity index (χ3v) is 2.54. The largest absolute Gasteiger partial charge is 0.320 e. The highest BCUT2D eigenvalue weighted by Gasteiger charge is 2.18. The second-order valence-corrected chi connectivity index (χ2v) is 4.16. The molecule has 0 radical (unpaired) electrons. The molecule has 6 nitrogen and oxygen atoms in total. The number of hydrogen-bond donors (Lipinski definition) is 2. The normalized spacial score (nSPS) is 11.9. The predicted molar refractivity (Wildman–Crippen MR) is 69.3 cm³/mol. The van der Waals surface area contributed by atoms with Crippen LogP contribution >= 0.6 is 0 Å². The molecule has 0 fully saturated rings. The molecule has 1 aromatic rings. The molecular formula is C12H17N3O3. The minimum Gasteiger partial charge on any atom is -0.320 e. The van der Waals surface area contributed by atoms with Gasteiger partial charge in [-0.25, -0.2) is 0 Å². The molecule has 0 aromatic heterocycles. The summed E-state index contributed by atoms with van der Waals surface area (Å²) in [5.74, 6) is -0.399. The summed E-state index contributed by atoms with van der Waals surface area (Å²) >= 11 is 0. The molecule has 0 spiro atoms. The summed E-state index contributed by atoms with van der Waals surface area (Å²) in [6.45, 7) is 3.67. The standard InChI is InChI=1S/C12H17N3O3/c1-3-4-9(13)12(16)14-10-6-5-8(2)7-11(10)15(17)18/h5-7,9H,3-4,13H2,1-2H3,(H,14,16). The highest BCUT2D eigenvalue weighted by Crippen LogP contribution is 2.25. The van der Waals surface area contributed by atoms with E-state index in [1.54, 1.807) is 13.0 Å². The number of amides is 1. The second kappa shape index (κ2) is 6.11. The van der Waals surface area contributed by atoms with Gasteiger partial charge in [0.2, 0.25) is 5.91 Å². The molecule has 0 saturated carbocycles. The minimum atomic E-state index is -0.643. The minimum absolute atomic E-state index is 0.118. The summed E-state index contributed by atoms with van der Waals surface area (Å²) in [6, 6.07) is 4.00. The van der Waals surface area contributed by atoms with Crippen molar-refractivity contribution in [2.75, 3.05) is 5.32 Å². The van der Waals surface area contributed by atoms with Gasteiger partial charge < -0.3 is 11.1 Å². The molecule has 1 unspecified atom stereocenters. The summed E-state index contributed by atoms with van der Waals surface area (Å²) < 4.78 is 0. The summed E-state index contributed by atoms with van der Waals surface area (Å²) in [7, 11) is 0. The topological polar surface area (TPSA) is 98.3 Å². The molecule has 0 saturated heterocycles. The van der Waals surface area contributed by atoms with Gasteiger partial charge in [-0.3, -0.25) is 14.9 Å². The van der Waals surface area contributed by atoms with Gasteiger partial charge in [-0.1, -0.05) is 19.4 Å². The molecule has 0 aliphatic heterocycles. The first-order valence-corrected chi connectivity index (χ1v) is 5.77. The van der Waals surface area contributed by atoms with E-state index >= 15 is 0 Å². The zero-order chi connectivity index (χ0) is 13.7. The lowest BCUT2D eigenvalue weighted by atomic mass is 10.1. The Morgan fingerprint density at radius 2 is 2.22 bits per heavy atom. The van der Waals surface area contributed by atoms with Crippen LogP contribution in [0.2, 0.25) is 0 Å². The Morgan fingerprint density at radius 1 is 1.56 bits per heavy atom. The van der Waals surface area contributed by atoms with Gasteiger partial charge >= 0.3 is 0 Å². The number of nitrogens with one attached hydrogen (secondary N) is 1. The molecule has 0 aliphatic rings. The van der Waals surface area contributed by atoms with Crippen LogP contribution in [0.4, 0.5) is 11.4 Å². The number of carbonyl (C=O) groups is 1. The zero-order valence-electron chi connectivity index (χ0n) is 10.5. The fraction of sp³-hybridized carbons (Fsp3) is 0.417. The van der Waals surface area contributed by atoms with Crippen molar-refractivity contribution >= 4 is 17.3 Å². The monoisotopic (exact) mass is 251 g/mol. The highest BCUT2D eigenvalue weighted by molar-refractivity contribution is 5.96. The number of aryl methyl sites for hydroxylation is 1. The van der Waals surface area contributed by atoms with Crippen LogP contribution < -0.4 is 11.1 Å². The van der Waals surface area contributed by atoms with E-state index in [0.29, 0.717) is 6.42 Å². The Balaban J connectivity index is 2.90. The molecule has 0 heterocycles. The molecule has 0 bridgehead atoms. The number of benzene rings is 1.